The number of carbonyl (C=O) groups excluding carboxylic acids is 1. The lowest BCUT2D eigenvalue weighted by Crippen LogP contribution is -2.43. The number of aromatic nitrogens is 2. The number of hydrogen-bond donors (Lipinski definition) is 1. The van der Waals surface area contributed by atoms with Crippen LogP contribution in [0.15, 0.2) is 24.3 Å². The lowest BCUT2D eigenvalue weighted by Gasteiger charge is -2.29. The summed E-state index contributed by atoms with van der Waals surface area (Å²) in [5, 5.41) is 3.17. The molecule has 28 heavy (non-hydrogen) atoms. The molecule has 0 aliphatic carbocycles. The third-order valence-corrected chi connectivity index (χ3v) is 5.24. The van der Waals surface area contributed by atoms with Crippen molar-refractivity contribution in [3.05, 3.63) is 52.6 Å². The second-order valence-corrected chi connectivity index (χ2v) is 7.53. The Balaban J connectivity index is 1.78. The molecule has 1 N–H and O–H groups in total. The molecule has 6 heteroatoms. The molecule has 6 nitrogen and oxygen atoms in total. The van der Waals surface area contributed by atoms with Crippen LogP contribution < -0.4 is 10.1 Å². The van der Waals surface area contributed by atoms with E-state index in [0.717, 1.165) is 55.1 Å². The highest BCUT2D eigenvalue weighted by Gasteiger charge is 2.21. The van der Waals surface area contributed by atoms with Crippen molar-refractivity contribution >= 4 is 5.91 Å². The van der Waals surface area contributed by atoms with E-state index in [2.05, 4.69) is 34.2 Å². The van der Waals surface area contributed by atoms with Crippen LogP contribution in [0.5, 0.6) is 5.75 Å². The van der Waals surface area contributed by atoms with E-state index >= 15 is 0 Å². The summed E-state index contributed by atoms with van der Waals surface area (Å²) in [6.07, 6.45) is 3.42. The number of hydrogen-bond acceptors (Lipinski definition) is 5. The molecule has 1 aliphatic rings. The normalized spacial score (nSPS) is 15.4. The molecule has 1 aromatic carbocycles. The maximum absolute atomic E-state index is 12.9. The molecule has 150 valence electrons. The zero-order valence-electron chi connectivity index (χ0n) is 17.3. The van der Waals surface area contributed by atoms with E-state index in [0.29, 0.717) is 17.7 Å². The molecular weight excluding hydrogens is 352 g/mol. The van der Waals surface area contributed by atoms with Gasteiger partial charge in [-0.3, -0.25) is 4.79 Å². The van der Waals surface area contributed by atoms with Gasteiger partial charge in [-0.2, -0.15) is 0 Å². The number of amides is 1. The molecule has 1 amide bonds. The van der Waals surface area contributed by atoms with Crippen molar-refractivity contribution in [2.75, 3.05) is 27.2 Å². The Morgan fingerprint density at radius 2 is 2.00 bits per heavy atom. The van der Waals surface area contributed by atoms with Gasteiger partial charge in [0.05, 0.1) is 12.7 Å². The average molecular weight is 383 g/mol. The van der Waals surface area contributed by atoms with Crippen molar-refractivity contribution in [2.45, 2.75) is 45.6 Å². The largest absolute Gasteiger partial charge is 0.496 e. The third kappa shape index (κ3) is 5.07. The van der Waals surface area contributed by atoms with Gasteiger partial charge in [0.25, 0.3) is 5.91 Å². The van der Waals surface area contributed by atoms with Gasteiger partial charge < -0.3 is 15.0 Å². The van der Waals surface area contributed by atoms with Gasteiger partial charge in [-0.25, -0.2) is 9.97 Å². The Hall–Kier alpha value is -2.47. The molecule has 0 saturated carbocycles. The fraction of sp³-hybridized carbons (Fsp3) is 0.500. The Labute approximate surface area is 167 Å². The third-order valence-electron chi connectivity index (χ3n) is 5.24. The van der Waals surface area contributed by atoms with Crippen LogP contribution in [0.4, 0.5) is 0 Å². The standard InChI is InChI=1S/C22H30N4O2/c1-5-17-12-15(2)23-21(24-17)14-16-6-7-20(28-4)19(13-16)22(27)25-18-8-10-26(3)11-9-18/h6-7,12-13,18H,5,8-11,14H2,1-4H3,(H,25,27). The van der Waals surface area contributed by atoms with Crippen molar-refractivity contribution in [1.29, 1.82) is 0 Å². The highest BCUT2D eigenvalue weighted by atomic mass is 16.5. The molecule has 0 atom stereocenters. The lowest BCUT2D eigenvalue weighted by atomic mass is 10.0. The van der Waals surface area contributed by atoms with Crippen LogP contribution in [-0.4, -0.2) is 54.1 Å². The molecule has 0 bridgehead atoms. The molecule has 1 aliphatic heterocycles. The number of nitrogens with zero attached hydrogens (tertiary/aromatic N) is 3. The zero-order chi connectivity index (χ0) is 20.1. The summed E-state index contributed by atoms with van der Waals surface area (Å²) in [5.41, 5.74) is 3.58. The molecular formula is C22H30N4O2. The number of rotatable bonds is 6. The first-order chi connectivity index (χ1) is 13.5. The van der Waals surface area contributed by atoms with Crippen LogP contribution in [0.2, 0.25) is 0 Å². The Morgan fingerprint density at radius 3 is 2.68 bits per heavy atom. The lowest BCUT2D eigenvalue weighted by molar-refractivity contribution is 0.0913. The van der Waals surface area contributed by atoms with Gasteiger partial charge in [-0.05, 0) is 70.1 Å². The molecule has 3 rings (SSSR count). The van der Waals surface area contributed by atoms with Gasteiger partial charge in [0.1, 0.15) is 11.6 Å². The van der Waals surface area contributed by atoms with Gasteiger partial charge in [0.2, 0.25) is 0 Å². The molecule has 0 unspecified atom stereocenters. The summed E-state index contributed by atoms with van der Waals surface area (Å²) < 4.78 is 5.43. The summed E-state index contributed by atoms with van der Waals surface area (Å²) >= 11 is 0. The van der Waals surface area contributed by atoms with Crippen LogP contribution in [0, 0.1) is 6.92 Å². The summed E-state index contributed by atoms with van der Waals surface area (Å²) in [6, 6.07) is 7.96. The van der Waals surface area contributed by atoms with Crippen molar-refractivity contribution < 1.29 is 9.53 Å². The Morgan fingerprint density at radius 1 is 1.25 bits per heavy atom. The average Bonchev–Trinajstić information content (AvgIpc) is 2.69. The van der Waals surface area contributed by atoms with E-state index in [1.165, 1.54) is 0 Å². The van der Waals surface area contributed by atoms with Crippen molar-refractivity contribution in [3.8, 4) is 5.75 Å². The van der Waals surface area contributed by atoms with Gasteiger partial charge >= 0.3 is 0 Å². The number of benzene rings is 1. The van der Waals surface area contributed by atoms with E-state index in [1.807, 2.05) is 31.2 Å². The number of ether oxygens (including phenoxy) is 1. The first-order valence-corrected chi connectivity index (χ1v) is 9.98. The fourth-order valence-electron chi connectivity index (χ4n) is 3.60. The van der Waals surface area contributed by atoms with E-state index in [4.69, 9.17) is 4.74 Å². The summed E-state index contributed by atoms with van der Waals surface area (Å²) in [7, 11) is 3.71. The van der Waals surface area contributed by atoms with Crippen molar-refractivity contribution in [3.63, 3.8) is 0 Å². The molecule has 2 heterocycles. The highest BCUT2D eigenvalue weighted by molar-refractivity contribution is 5.97. The Bertz CT molecular complexity index is 829. The number of nitrogens with one attached hydrogen (secondary N) is 1. The predicted molar refractivity (Wildman–Crippen MR) is 110 cm³/mol. The highest BCUT2D eigenvalue weighted by Crippen LogP contribution is 2.22. The van der Waals surface area contributed by atoms with E-state index in [1.54, 1.807) is 7.11 Å². The number of aryl methyl sites for hydroxylation is 2. The van der Waals surface area contributed by atoms with Gasteiger partial charge in [0, 0.05) is 23.9 Å². The minimum Gasteiger partial charge on any atom is -0.496 e. The number of carbonyl (C=O) groups is 1. The molecule has 0 spiro atoms. The van der Waals surface area contributed by atoms with Crippen LogP contribution in [0.3, 0.4) is 0 Å². The Kier molecular flexibility index (Phi) is 6.62. The number of methoxy groups -OCH3 is 1. The van der Waals surface area contributed by atoms with Crippen LogP contribution in [0.1, 0.15) is 52.9 Å². The van der Waals surface area contributed by atoms with Gasteiger partial charge in [-0.1, -0.05) is 13.0 Å². The quantitative estimate of drug-likeness (QED) is 0.832. The summed E-state index contributed by atoms with van der Waals surface area (Å²) in [5.74, 6) is 1.30. The number of likely N-dealkylation sites (tertiary alicyclic amines) is 1. The zero-order valence-corrected chi connectivity index (χ0v) is 17.3. The minimum absolute atomic E-state index is 0.0762. The monoisotopic (exact) mass is 382 g/mol. The SMILES string of the molecule is CCc1cc(C)nc(Cc2ccc(OC)c(C(=O)NC3CCN(C)CC3)c2)n1. The van der Waals surface area contributed by atoms with Crippen LogP contribution in [0.25, 0.3) is 0 Å². The molecule has 1 aromatic heterocycles. The first-order valence-electron chi connectivity index (χ1n) is 9.98. The van der Waals surface area contributed by atoms with Crippen LogP contribution >= 0.6 is 0 Å². The van der Waals surface area contributed by atoms with E-state index in [9.17, 15) is 4.79 Å². The summed E-state index contributed by atoms with van der Waals surface area (Å²) in [4.78, 5) is 24.4. The maximum atomic E-state index is 12.9. The second-order valence-electron chi connectivity index (χ2n) is 7.53. The van der Waals surface area contributed by atoms with E-state index in [-0.39, 0.29) is 11.9 Å². The van der Waals surface area contributed by atoms with Crippen LogP contribution in [-0.2, 0) is 12.8 Å². The second kappa shape index (κ2) is 9.15. The summed E-state index contributed by atoms with van der Waals surface area (Å²) in [6.45, 7) is 6.09. The first kappa shape index (κ1) is 20.3. The molecule has 1 saturated heterocycles. The minimum atomic E-state index is -0.0762. The smallest absolute Gasteiger partial charge is 0.255 e. The molecule has 1 fully saturated rings. The number of piperidine rings is 1. The predicted octanol–water partition coefficient (Wildman–Crippen LogP) is 2.77. The van der Waals surface area contributed by atoms with Gasteiger partial charge in [0.15, 0.2) is 0 Å². The van der Waals surface area contributed by atoms with Gasteiger partial charge in [-0.15, -0.1) is 0 Å². The molecule has 0 radical (unpaired) electrons. The van der Waals surface area contributed by atoms with Crippen molar-refractivity contribution in [1.82, 2.24) is 20.2 Å². The maximum Gasteiger partial charge on any atom is 0.255 e. The topological polar surface area (TPSA) is 67.3 Å². The molecule has 2 aromatic rings. The fourth-order valence-corrected chi connectivity index (χ4v) is 3.60. The van der Waals surface area contributed by atoms with E-state index < -0.39 is 0 Å². The van der Waals surface area contributed by atoms with Crippen molar-refractivity contribution in [2.24, 2.45) is 0 Å².